The molecule has 0 aliphatic rings. The summed E-state index contributed by atoms with van der Waals surface area (Å²) in [4.78, 5) is 0. The summed E-state index contributed by atoms with van der Waals surface area (Å²) in [6, 6.07) is 12.3. The highest BCUT2D eigenvalue weighted by Crippen LogP contribution is 2.26. The third-order valence-corrected chi connectivity index (χ3v) is 2.85. The minimum atomic E-state index is -0.465. The van der Waals surface area contributed by atoms with E-state index < -0.39 is 6.04 Å². The average Bonchev–Trinajstić information content (AvgIpc) is 3.07. The van der Waals surface area contributed by atoms with Crippen molar-refractivity contribution in [2.75, 3.05) is 0 Å². The molecule has 0 fully saturated rings. The Morgan fingerprint density at radius 2 is 1.79 bits per heavy atom. The summed E-state index contributed by atoms with van der Waals surface area (Å²) >= 11 is 5.69. The molecule has 6 heteroatoms. The van der Waals surface area contributed by atoms with E-state index in [2.05, 4.69) is 10.2 Å². The standard InChI is InChI=1S/C13H10ClN3O2/c14-10-7-6-9(18-10)12-16-17-13(19-12)11(15)8-4-2-1-3-5-8/h1-7,11H,15H2. The Morgan fingerprint density at radius 3 is 2.47 bits per heavy atom. The number of halogens is 1. The van der Waals surface area contributed by atoms with Crippen LogP contribution in [0.1, 0.15) is 17.5 Å². The van der Waals surface area contributed by atoms with Crippen LogP contribution < -0.4 is 5.73 Å². The smallest absolute Gasteiger partial charge is 0.283 e. The first-order chi connectivity index (χ1) is 9.24. The minimum absolute atomic E-state index is 0.258. The van der Waals surface area contributed by atoms with Crippen molar-refractivity contribution in [1.29, 1.82) is 0 Å². The SMILES string of the molecule is NC(c1ccccc1)c1nnc(-c2ccc(Cl)o2)o1. The van der Waals surface area contributed by atoms with Gasteiger partial charge < -0.3 is 14.6 Å². The van der Waals surface area contributed by atoms with Gasteiger partial charge in [0.15, 0.2) is 11.0 Å². The zero-order valence-corrected chi connectivity index (χ0v) is 10.5. The van der Waals surface area contributed by atoms with Crippen LogP contribution in [0.25, 0.3) is 11.7 Å². The second kappa shape index (κ2) is 4.87. The van der Waals surface area contributed by atoms with E-state index in [9.17, 15) is 0 Å². The first-order valence-corrected chi connectivity index (χ1v) is 6.01. The molecule has 0 spiro atoms. The lowest BCUT2D eigenvalue weighted by molar-refractivity contribution is 0.465. The number of hydrogen-bond donors (Lipinski definition) is 1. The van der Waals surface area contributed by atoms with Gasteiger partial charge in [-0.25, -0.2) is 0 Å². The van der Waals surface area contributed by atoms with Crippen molar-refractivity contribution in [3.05, 3.63) is 59.1 Å². The van der Waals surface area contributed by atoms with Gasteiger partial charge in [-0.2, -0.15) is 0 Å². The molecule has 0 amide bonds. The lowest BCUT2D eigenvalue weighted by Crippen LogP contribution is -2.11. The highest BCUT2D eigenvalue weighted by atomic mass is 35.5. The maximum atomic E-state index is 6.06. The molecule has 1 atom stereocenters. The molecule has 0 aliphatic heterocycles. The summed E-state index contributed by atoms with van der Waals surface area (Å²) in [5.74, 6) is 1.01. The number of furan rings is 1. The number of nitrogens with two attached hydrogens (primary N) is 1. The normalized spacial score (nSPS) is 12.5. The van der Waals surface area contributed by atoms with Crippen molar-refractivity contribution < 1.29 is 8.83 Å². The zero-order chi connectivity index (χ0) is 13.2. The third-order valence-electron chi connectivity index (χ3n) is 2.65. The average molecular weight is 276 g/mol. The molecule has 3 aromatic rings. The van der Waals surface area contributed by atoms with Gasteiger partial charge >= 0.3 is 0 Å². The summed E-state index contributed by atoms with van der Waals surface area (Å²) in [5.41, 5.74) is 6.96. The Kier molecular flexibility index (Phi) is 3.06. The van der Waals surface area contributed by atoms with E-state index in [1.165, 1.54) is 0 Å². The van der Waals surface area contributed by atoms with Crippen molar-refractivity contribution in [2.24, 2.45) is 5.73 Å². The Morgan fingerprint density at radius 1 is 1.00 bits per heavy atom. The fourth-order valence-corrected chi connectivity index (χ4v) is 1.84. The van der Waals surface area contributed by atoms with Crippen LogP contribution >= 0.6 is 11.6 Å². The van der Waals surface area contributed by atoms with Gasteiger partial charge in [0.05, 0.1) is 0 Å². The van der Waals surface area contributed by atoms with Crippen LogP contribution in [0.4, 0.5) is 0 Å². The van der Waals surface area contributed by atoms with E-state index in [1.54, 1.807) is 12.1 Å². The molecule has 3 rings (SSSR count). The second-order valence-corrected chi connectivity index (χ2v) is 4.31. The van der Waals surface area contributed by atoms with E-state index in [1.807, 2.05) is 30.3 Å². The van der Waals surface area contributed by atoms with E-state index in [0.717, 1.165) is 5.56 Å². The molecule has 2 heterocycles. The number of rotatable bonds is 3. The molecule has 0 bridgehead atoms. The Hall–Kier alpha value is -2.11. The van der Waals surface area contributed by atoms with Crippen LogP contribution in [-0.4, -0.2) is 10.2 Å². The first kappa shape index (κ1) is 12.0. The summed E-state index contributed by atoms with van der Waals surface area (Å²) in [7, 11) is 0. The van der Waals surface area contributed by atoms with Gasteiger partial charge in [0.1, 0.15) is 6.04 Å². The van der Waals surface area contributed by atoms with E-state index in [-0.39, 0.29) is 11.1 Å². The second-order valence-electron chi connectivity index (χ2n) is 3.94. The van der Waals surface area contributed by atoms with Crippen LogP contribution in [0.2, 0.25) is 5.22 Å². The molecule has 0 saturated heterocycles. The van der Waals surface area contributed by atoms with Gasteiger partial charge in [-0.15, -0.1) is 10.2 Å². The van der Waals surface area contributed by atoms with Crippen LogP contribution in [0.15, 0.2) is 51.3 Å². The summed E-state index contributed by atoms with van der Waals surface area (Å²) in [6.07, 6.45) is 0. The predicted octanol–water partition coefficient (Wildman–Crippen LogP) is 3.03. The van der Waals surface area contributed by atoms with Crippen molar-refractivity contribution in [3.8, 4) is 11.7 Å². The van der Waals surface area contributed by atoms with Gasteiger partial charge in [0.25, 0.3) is 5.89 Å². The maximum Gasteiger partial charge on any atom is 0.283 e. The van der Waals surface area contributed by atoms with Crippen LogP contribution in [-0.2, 0) is 0 Å². The number of nitrogens with zero attached hydrogens (tertiary/aromatic N) is 2. The topological polar surface area (TPSA) is 78.1 Å². The lowest BCUT2D eigenvalue weighted by Gasteiger charge is -2.05. The van der Waals surface area contributed by atoms with Gasteiger partial charge in [-0.1, -0.05) is 30.3 Å². The quantitative estimate of drug-likeness (QED) is 0.795. The number of hydrogen-bond acceptors (Lipinski definition) is 5. The van der Waals surface area contributed by atoms with Crippen LogP contribution in [0.5, 0.6) is 0 Å². The highest BCUT2D eigenvalue weighted by molar-refractivity contribution is 6.28. The lowest BCUT2D eigenvalue weighted by atomic mass is 10.1. The van der Waals surface area contributed by atoms with Crippen LogP contribution in [0.3, 0.4) is 0 Å². The Bertz CT molecular complexity index is 678. The fraction of sp³-hybridized carbons (Fsp3) is 0.0769. The molecular formula is C13H10ClN3O2. The predicted molar refractivity (Wildman–Crippen MR) is 69.5 cm³/mol. The van der Waals surface area contributed by atoms with Crippen molar-refractivity contribution in [1.82, 2.24) is 10.2 Å². The largest absolute Gasteiger partial charge is 0.440 e. The molecule has 5 nitrogen and oxygen atoms in total. The Labute approximate surface area is 114 Å². The zero-order valence-electron chi connectivity index (χ0n) is 9.79. The van der Waals surface area contributed by atoms with Crippen molar-refractivity contribution in [3.63, 3.8) is 0 Å². The summed E-state index contributed by atoms with van der Waals surface area (Å²) in [5, 5.41) is 8.10. The Balaban J connectivity index is 1.89. The van der Waals surface area contributed by atoms with Crippen molar-refractivity contribution >= 4 is 11.6 Å². The molecule has 2 N–H and O–H groups in total. The van der Waals surface area contributed by atoms with E-state index in [4.69, 9.17) is 26.2 Å². The minimum Gasteiger partial charge on any atom is -0.440 e. The summed E-state index contributed by atoms with van der Waals surface area (Å²) < 4.78 is 10.7. The van der Waals surface area contributed by atoms with E-state index >= 15 is 0 Å². The van der Waals surface area contributed by atoms with Crippen molar-refractivity contribution in [2.45, 2.75) is 6.04 Å². The molecule has 1 aromatic carbocycles. The number of aromatic nitrogens is 2. The van der Waals surface area contributed by atoms with Gasteiger partial charge in [-0.05, 0) is 29.3 Å². The molecule has 96 valence electrons. The number of benzene rings is 1. The van der Waals surface area contributed by atoms with E-state index in [0.29, 0.717) is 11.7 Å². The van der Waals surface area contributed by atoms with Crippen LogP contribution in [0, 0.1) is 0 Å². The molecule has 0 saturated carbocycles. The summed E-state index contributed by atoms with van der Waals surface area (Å²) in [6.45, 7) is 0. The molecule has 2 aromatic heterocycles. The first-order valence-electron chi connectivity index (χ1n) is 5.63. The molecular weight excluding hydrogens is 266 g/mol. The van der Waals surface area contributed by atoms with Gasteiger partial charge in [0, 0.05) is 0 Å². The van der Waals surface area contributed by atoms with Gasteiger partial charge in [-0.3, -0.25) is 0 Å². The third kappa shape index (κ3) is 2.38. The molecule has 0 aliphatic carbocycles. The maximum absolute atomic E-state index is 6.06. The fourth-order valence-electron chi connectivity index (χ4n) is 1.69. The molecule has 1 unspecified atom stereocenters. The monoisotopic (exact) mass is 275 g/mol. The molecule has 0 radical (unpaired) electrons. The van der Waals surface area contributed by atoms with Gasteiger partial charge in [0.2, 0.25) is 5.89 Å². The highest BCUT2D eigenvalue weighted by Gasteiger charge is 2.18. The molecule has 19 heavy (non-hydrogen) atoms.